The molecule has 1 N–H and O–H groups in total. The van der Waals surface area contributed by atoms with Gasteiger partial charge in [-0.1, -0.05) is 6.07 Å². The minimum absolute atomic E-state index is 0.112. The SMILES string of the molecule is Cc1nc2ncnn2c(N2CCC(NC(=O)c3ccccn3)CC2)c1C. The number of rotatable bonds is 3. The Morgan fingerprint density at radius 3 is 2.73 bits per heavy atom. The van der Waals surface area contributed by atoms with Crippen molar-refractivity contribution in [1.82, 2.24) is 29.9 Å². The van der Waals surface area contributed by atoms with E-state index in [1.54, 1.807) is 22.8 Å². The molecule has 1 saturated heterocycles. The van der Waals surface area contributed by atoms with Gasteiger partial charge in [-0.2, -0.15) is 14.6 Å². The van der Waals surface area contributed by atoms with Gasteiger partial charge in [0.05, 0.1) is 0 Å². The lowest BCUT2D eigenvalue weighted by molar-refractivity contribution is 0.0926. The summed E-state index contributed by atoms with van der Waals surface area (Å²) in [6, 6.07) is 5.51. The molecule has 0 spiro atoms. The largest absolute Gasteiger partial charge is 0.356 e. The standard InChI is InChI=1S/C18H21N7O/c1-12-13(2)22-18-20-11-21-25(18)17(12)24-9-6-14(7-10-24)23-16(26)15-5-3-4-8-19-15/h3-5,8,11,14H,6-7,9-10H2,1-2H3,(H,23,26). The molecular formula is C18H21N7O. The monoisotopic (exact) mass is 351 g/mol. The van der Waals surface area contributed by atoms with Crippen LogP contribution in [0.3, 0.4) is 0 Å². The maximum atomic E-state index is 12.3. The van der Waals surface area contributed by atoms with Gasteiger partial charge in [0, 0.05) is 36.6 Å². The maximum absolute atomic E-state index is 12.3. The average molecular weight is 351 g/mol. The summed E-state index contributed by atoms with van der Waals surface area (Å²) >= 11 is 0. The van der Waals surface area contributed by atoms with Crippen LogP contribution in [0.15, 0.2) is 30.7 Å². The molecular weight excluding hydrogens is 330 g/mol. The van der Waals surface area contributed by atoms with Gasteiger partial charge in [-0.25, -0.2) is 4.98 Å². The molecule has 4 heterocycles. The van der Waals surface area contributed by atoms with Crippen LogP contribution >= 0.6 is 0 Å². The van der Waals surface area contributed by atoms with Gasteiger partial charge in [-0.05, 0) is 38.8 Å². The molecule has 1 aliphatic rings. The minimum Gasteiger partial charge on any atom is -0.356 e. The van der Waals surface area contributed by atoms with Crippen LogP contribution in [0, 0.1) is 13.8 Å². The van der Waals surface area contributed by atoms with E-state index in [0.717, 1.165) is 43.0 Å². The molecule has 0 aromatic carbocycles. The number of carbonyl (C=O) groups is 1. The van der Waals surface area contributed by atoms with Crippen molar-refractivity contribution in [2.24, 2.45) is 0 Å². The van der Waals surface area contributed by atoms with E-state index in [9.17, 15) is 4.79 Å². The molecule has 1 amide bonds. The highest BCUT2D eigenvalue weighted by atomic mass is 16.1. The van der Waals surface area contributed by atoms with Crippen LogP contribution in [0.5, 0.6) is 0 Å². The number of nitrogens with zero attached hydrogens (tertiary/aromatic N) is 6. The van der Waals surface area contributed by atoms with E-state index in [4.69, 9.17) is 0 Å². The summed E-state index contributed by atoms with van der Waals surface area (Å²) in [5.74, 6) is 1.55. The van der Waals surface area contributed by atoms with Gasteiger partial charge < -0.3 is 10.2 Å². The number of aryl methyl sites for hydroxylation is 1. The summed E-state index contributed by atoms with van der Waals surface area (Å²) in [5.41, 5.74) is 2.53. The van der Waals surface area contributed by atoms with Crippen molar-refractivity contribution >= 4 is 17.5 Å². The number of nitrogens with one attached hydrogen (secondary N) is 1. The van der Waals surface area contributed by atoms with Gasteiger partial charge in [0.1, 0.15) is 17.8 Å². The maximum Gasteiger partial charge on any atom is 0.270 e. The first-order valence-corrected chi connectivity index (χ1v) is 8.77. The Morgan fingerprint density at radius 2 is 2.00 bits per heavy atom. The average Bonchev–Trinajstić information content (AvgIpc) is 3.12. The lowest BCUT2D eigenvalue weighted by Crippen LogP contribution is -2.45. The molecule has 134 valence electrons. The highest BCUT2D eigenvalue weighted by molar-refractivity contribution is 5.92. The highest BCUT2D eigenvalue weighted by Crippen LogP contribution is 2.25. The number of hydrogen-bond donors (Lipinski definition) is 1. The molecule has 0 radical (unpaired) electrons. The lowest BCUT2D eigenvalue weighted by Gasteiger charge is -2.34. The molecule has 1 aliphatic heterocycles. The second kappa shape index (κ2) is 6.70. The van der Waals surface area contributed by atoms with Crippen molar-refractivity contribution in [2.45, 2.75) is 32.7 Å². The first kappa shape index (κ1) is 16.4. The normalized spacial score (nSPS) is 15.4. The Kier molecular flexibility index (Phi) is 4.24. The zero-order chi connectivity index (χ0) is 18.1. The summed E-state index contributed by atoms with van der Waals surface area (Å²) in [7, 11) is 0. The fourth-order valence-electron chi connectivity index (χ4n) is 3.38. The summed E-state index contributed by atoms with van der Waals surface area (Å²) in [6.07, 6.45) is 4.91. The number of anilines is 1. The third-order valence-corrected chi connectivity index (χ3v) is 4.90. The zero-order valence-electron chi connectivity index (χ0n) is 14.9. The van der Waals surface area contributed by atoms with Crippen LogP contribution in [-0.4, -0.2) is 49.6 Å². The Balaban J connectivity index is 1.47. The third kappa shape index (κ3) is 2.98. The van der Waals surface area contributed by atoms with Gasteiger partial charge >= 0.3 is 0 Å². The van der Waals surface area contributed by atoms with Crippen LogP contribution in [0.4, 0.5) is 5.82 Å². The Morgan fingerprint density at radius 1 is 1.19 bits per heavy atom. The lowest BCUT2D eigenvalue weighted by atomic mass is 10.0. The van der Waals surface area contributed by atoms with E-state index < -0.39 is 0 Å². The van der Waals surface area contributed by atoms with E-state index >= 15 is 0 Å². The summed E-state index contributed by atoms with van der Waals surface area (Å²) in [5, 5.41) is 7.42. The number of carbonyl (C=O) groups excluding carboxylic acids is 1. The van der Waals surface area contributed by atoms with Crippen LogP contribution < -0.4 is 10.2 Å². The van der Waals surface area contributed by atoms with Crippen molar-refractivity contribution in [1.29, 1.82) is 0 Å². The first-order valence-electron chi connectivity index (χ1n) is 8.77. The van der Waals surface area contributed by atoms with Crippen molar-refractivity contribution in [3.05, 3.63) is 47.7 Å². The molecule has 1 fully saturated rings. The third-order valence-electron chi connectivity index (χ3n) is 4.90. The molecule has 0 atom stereocenters. The molecule has 3 aromatic rings. The Labute approximate surface area is 151 Å². The van der Waals surface area contributed by atoms with E-state index in [0.29, 0.717) is 11.5 Å². The van der Waals surface area contributed by atoms with E-state index in [2.05, 4.69) is 37.2 Å². The van der Waals surface area contributed by atoms with E-state index in [1.807, 2.05) is 13.0 Å². The molecule has 0 aliphatic carbocycles. The Hall–Kier alpha value is -3.03. The van der Waals surface area contributed by atoms with Crippen molar-refractivity contribution in [3.63, 3.8) is 0 Å². The van der Waals surface area contributed by atoms with E-state index in [1.165, 1.54) is 6.33 Å². The fraction of sp³-hybridized carbons (Fsp3) is 0.389. The first-order chi connectivity index (χ1) is 12.6. The van der Waals surface area contributed by atoms with Crippen LogP contribution in [0.2, 0.25) is 0 Å². The fourth-order valence-corrected chi connectivity index (χ4v) is 3.38. The second-order valence-electron chi connectivity index (χ2n) is 6.57. The quantitative estimate of drug-likeness (QED) is 0.770. The number of fused-ring (bicyclic) bond motifs is 1. The van der Waals surface area contributed by atoms with Crippen molar-refractivity contribution in [3.8, 4) is 0 Å². The minimum atomic E-state index is -0.112. The summed E-state index contributed by atoms with van der Waals surface area (Å²) in [4.78, 5) is 27.4. The number of piperidine rings is 1. The predicted molar refractivity (Wildman–Crippen MR) is 97.2 cm³/mol. The van der Waals surface area contributed by atoms with Gasteiger partial charge in [-0.15, -0.1) is 0 Å². The van der Waals surface area contributed by atoms with Gasteiger partial charge in [0.2, 0.25) is 0 Å². The molecule has 4 rings (SSSR count). The smallest absolute Gasteiger partial charge is 0.270 e. The van der Waals surface area contributed by atoms with Crippen molar-refractivity contribution in [2.75, 3.05) is 18.0 Å². The van der Waals surface area contributed by atoms with Crippen LogP contribution in [0.1, 0.15) is 34.6 Å². The van der Waals surface area contributed by atoms with E-state index in [-0.39, 0.29) is 11.9 Å². The summed E-state index contributed by atoms with van der Waals surface area (Å²) < 4.78 is 1.80. The van der Waals surface area contributed by atoms with Gasteiger partial charge in [0.15, 0.2) is 0 Å². The number of hydrogen-bond acceptors (Lipinski definition) is 6. The molecule has 0 bridgehead atoms. The predicted octanol–water partition coefficient (Wildman–Crippen LogP) is 1.53. The molecule has 0 saturated carbocycles. The Bertz CT molecular complexity index is 929. The molecule has 0 unspecified atom stereocenters. The van der Waals surface area contributed by atoms with Crippen LogP contribution in [-0.2, 0) is 0 Å². The molecule has 8 nitrogen and oxygen atoms in total. The number of pyridine rings is 1. The number of aromatic nitrogens is 5. The molecule has 8 heteroatoms. The highest BCUT2D eigenvalue weighted by Gasteiger charge is 2.25. The van der Waals surface area contributed by atoms with Gasteiger partial charge in [-0.3, -0.25) is 9.78 Å². The molecule has 3 aromatic heterocycles. The summed E-state index contributed by atoms with van der Waals surface area (Å²) in [6.45, 7) is 5.74. The van der Waals surface area contributed by atoms with Crippen LogP contribution in [0.25, 0.3) is 5.78 Å². The topological polar surface area (TPSA) is 88.3 Å². The van der Waals surface area contributed by atoms with Crippen molar-refractivity contribution < 1.29 is 4.79 Å². The van der Waals surface area contributed by atoms with Gasteiger partial charge in [0.25, 0.3) is 11.7 Å². The second-order valence-corrected chi connectivity index (χ2v) is 6.57. The molecule has 26 heavy (non-hydrogen) atoms. The zero-order valence-corrected chi connectivity index (χ0v) is 14.9. The number of amides is 1.